The number of halogens is 1. The summed E-state index contributed by atoms with van der Waals surface area (Å²) in [7, 11) is 1.93. The third-order valence-electron chi connectivity index (χ3n) is 2.22. The number of aromatic nitrogens is 3. The van der Waals surface area contributed by atoms with Crippen LogP contribution in [-0.2, 0) is 6.42 Å². The van der Waals surface area contributed by atoms with Crippen molar-refractivity contribution in [1.29, 1.82) is 0 Å². The molecule has 0 aliphatic rings. The number of hydrogen-bond donors (Lipinski definition) is 2. The fourth-order valence-electron chi connectivity index (χ4n) is 1.39. The third kappa shape index (κ3) is 2.45. The summed E-state index contributed by atoms with van der Waals surface area (Å²) < 4.78 is 1.16. The highest BCUT2D eigenvalue weighted by Gasteiger charge is 2.14. The van der Waals surface area contributed by atoms with E-state index >= 15 is 0 Å². The molecule has 2 rings (SSSR count). The number of nitrogens with one attached hydrogen (secondary N) is 2. The maximum atomic E-state index is 4.09. The van der Waals surface area contributed by atoms with Crippen LogP contribution < -0.4 is 5.32 Å². The van der Waals surface area contributed by atoms with E-state index in [-0.39, 0.29) is 6.04 Å². The van der Waals surface area contributed by atoms with Gasteiger partial charge in [0.15, 0.2) is 0 Å². The van der Waals surface area contributed by atoms with E-state index in [0.717, 1.165) is 16.6 Å². The van der Waals surface area contributed by atoms with Crippen LogP contribution in [0, 0.1) is 0 Å². The zero-order valence-corrected chi connectivity index (χ0v) is 10.6. The number of thiophene rings is 1. The lowest BCUT2D eigenvalue weighted by molar-refractivity contribution is 0.577. The smallest absolute Gasteiger partial charge is 0.0997 e. The lowest BCUT2D eigenvalue weighted by atomic mass is 10.1. The van der Waals surface area contributed by atoms with Crippen LogP contribution in [0.5, 0.6) is 0 Å². The van der Waals surface area contributed by atoms with Gasteiger partial charge >= 0.3 is 0 Å². The maximum absolute atomic E-state index is 4.09. The standard InChI is InChI=1S/C9H11BrN4S/c1-11-7(8-5-12-14-13-8)4-9-6(10)2-3-15-9/h2-3,5,7,11H,4H2,1H3,(H,12,13,14). The minimum absolute atomic E-state index is 0.207. The van der Waals surface area contributed by atoms with Gasteiger partial charge in [-0.3, -0.25) is 0 Å². The van der Waals surface area contributed by atoms with Crippen LogP contribution in [0.25, 0.3) is 0 Å². The van der Waals surface area contributed by atoms with Crippen LogP contribution in [0.2, 0.25) is 0 Å². The summed E-state index contributed by atoms with van der Waals surface area (Å²) >= 11 is 5.27. The molecule has 2 N–H and O–H groups in total. The predicted octanol–water partition coefficient (Wildman–Crippen LogP) is 2.13. The summed E-state index contributed by atoms with van der Waals surface area (Å²) in [5.41, 5.74) is 0.942. The number of rotatable bonds is 4. The molecule has 1 unspecified atom stereocenters. The minimum atomic E-state index is 0.207. The van der Waals surface area contributed by atoms with Gasteiger partial charge in [0.2, 0.25) is 0 Å². The summed E-state index contributed by atoms with van der Waals surface area (Å²) in [5, 5.41) is 15.8. The van der Waals surface area contributed by atoms with Crippen molar-refractivity contribution in [2.24, 2.45) is 0 Å². The van der Waals surface area contributed by atoms with Crippen molar-refractivity contribution in [3.63, 3.8) is 0 Å². The summed E-state index contributed by atoms with van der Waals surface area (Å²) in [5.74, 6) is 0. The molecule has 80 valence electrons. The second-order valence-electron chi connectivity index (χ2n) is 3.13. The van der Waals surface area contributed by atoms with Gasteiger partial charge in [0.1, 0.15) is 0 Å². The molecule has 0 saturated carbocycles. The Morgan fingerprint density at radius 3 is 3.07 bits per heavy atom. The zero-order chi connectivity index (χ0) is 10.7. The molecule has 0 aromatic carbocycles. The Balaban J connectivity index is 2.13. The van der Waals surface area contributed by atoms with Crippen molar-refractivity contribution < 1.29 is 0 Å². The fraction of sp³-hybridized carbons (Fsp3) is 0.333. The Morgan fingerprint density at radius 1 is 1.67 bits per heavy atom. The molecular formula is C9H11BrN4S. The van der Waals surface area contributed by atoms with Gasteiger partial charge in [-0.1, -0.05) is 0 Å². The van der Waals surface area contributed by atoms with E-state index in [0.29, 0.717) is 0 Å². The maximum Gasteiger partial charge on any atom is 0.0997 e. The highest BCUT2D eigenvalue weighted by Crippen LogP contribution is 2.27. The molecule has 2 heterocycles. The molecule has 0 fully saturated rings. The molecule has 15 heavy (non-hydrogen) atoms. The van der Waals surface area contributed by atoms with E-state index in [1.807, 2.05) is 7.05 Å². The van der Waals surface area contributed by atoms with E-state index < -0.39 is 0 Å². The van der Waals surface area contributed by atoms with Crippen LogP contribution in [-0.4, -0.2) is 22.5 Å². The molecule has 1 atom stereocenters. The first-order chi connectivity index (χ1) is 7.31. The number of hydrogen-bond acceptors (Lipinski definition) is 4. The average Bonchev–Trinajstić information content (AvgIpc) is 2.86. The van der Waals surface area contributed by atoms with Crippen LogP contribution in [0.1, 0.15) is 16.6 Å². The van der Waals surface area contributed by atoms with E-state index in [1.165, 1.54) is 4.88 Å². The van der Waals surface area contributed by atoms with Crippen molar-refractivity contribution in [3.8, 4) is 0 Å². The molecule has 2 aromatic rings. The number of nitrogens with zero attached hydrogens (tertiary/aromatic N) is 2. The number of aromatic amines is 1. The SMILES string of the molecule is CNC(Cc1sccc1Br)c1cn[nH]n1. The Hall–Kier alpha value is -0.720. The molecule has 0 aliphatic carbocycles. The predicted molar refractivity (Wildman–Crippen MR) is 63.9 cm³/mol. The lowest BCUT2D eigenvalue weighted by Gasteiger charge is -2.11. The topological polar surface area (TPSA) is 53.6 Å². The molecule has 0 saturated heterocycles. The van der Waals surface area contributed by atoms with Crippen molar-refractivity contribution in [3.05, 3.63) is 32.7 Å². The quantitative estimate of drug-likeness (QED) is 0.905. The molecule has 0 aliphatic heterocycles. The van der Waals surface area contributed by atoms with Gasteiger partial charge in [0, 0.05) is 15.8 Å². The average molecular weight is 287 g/mol. The van der Waals surface area contributed by atoms with Gasteiger partial charge in [-0.05, 0) is 34.4 Å². The highest BCUT2D eigenvalue weighted by atomic mass is 79.9. The second kappa shape index (κ2) is 4.87. The molecule has 6 heteroatoms. The van der Waals surface area contributed by atoms with Crippen molar-refractivity contribution in [2.75, 3.05) is 7.05 Å². The van der Waals surface area contributed by atoms with Gasteiger partial charge in [-0.25, -0.2) is 0 Å². The minimum Gasteiger partial charge on any atom is -0.311 e. The Bertz CT molecular complexity index is 411. The van der Waals surface area contributed by atoms with Crippen LogP contribution in [0.3, 0.4) is 0 Å². The zero-order valence-electron chi connectivity index (χ0n) is 8.20. The molecule has 0 spiro atoms. The lowest BCUT2D eigenvalue weighted by Crippen LogP contribution is -2.18. The molecule has 0 radical (unpaired) electrons. The first-order valence-corrected chi connectivity index (χ1v) is 6.23. The van der Waals surface area contributed by atoms with Crippen LogP contribution in [0.4, 0.5) is 0 Å². The summed E-state index contributed by atoms with van der Waals surface area (Å²) in [6, 6.07) is 2.27. The summed E-state index contributed by atoms with van der Waals surface area (Å²) in [4.78, 5) is 1.32. The first-order valence-electron chi connectivity index (χ1n) is 4.56. The van der Waals surface area contributed by atoms with E-state index in [2.05, 4.69) is 48.1 Å². The van der Waals surface area contributed by atoms with Gasteiger partial charge in [-0.15, -0.1) is 11.3 Å². The van der Waals surface area contributed by atoms with E-state index in [4.69, 9.17) is 0 Å². The molecule has 0 bridgehead atoms. The van der Waals surface area contributed by atoms with Gasteiger partial charge in [-0.2, -0.15) is 15.4 Å². The Kier molecular flexibility index (Phi) is 3.50. The Morgan fingerprint density at radius 2 is 2.53 bits per heavy atom. The summed E-state index contributed by atoms with van der Waals surface area (Å²) in [6.07, 6.45) is 2.67. The van der Waals surface area contributed by atoms with Gasteiger partial charge in [0.25, 0.3) is 0 Å². The molecule has 0 amide bonds. The van der Waals surface area contributed by atoms with Crippen molar-refractivity contribution in [2.45, 2.75) is 12.5 Å². The summed E-state index contributed by atoms with van der Waals surface area (Å²) in [6.45, 7) is 0. The fourth-order valence-corrected chi connectivity index (χ4v) is 2.95. The first kappa shape index (κ1) is 10.8. The highest BCUT2D eigenvalue weighted by molar-refractivity contribution is 9.10. The van der Waals surface area contributed by atoms with Crippen LogP contribution in [0.15, 0.2) is 22.1 Å². The van der Waals surface area contributed by atoms with E-state index in [9.17, 15) is 0 Å². The molecule has 4 nitrogen and oxygen atoms in total. The number of H-pyrrole nitrogens is 1. The molecule has 2 aromatic heterocycles. The third-order valence-corrected chi connectivity index (χ3v) is 4.17. The normalized spacial score (nSPS) is 12.9. The van der Waals surface area contributed by atoms with Gasteiger partial charge in [0.05, 0.1) is 17.9 Å². The largest absolute Gasteiger partial charge is 0.311 e. The molecular weight excluding hydrogens is 276 g/mol. The second-order valence-corrected chi connectivity index (χ2v) is 4.99. The van der Waals surface area contributed by atoms with Gasteiger partial charge < -0.3 is 5.32 Å². The number of likely N-dealkylation sites (N-methyl/N-ethyl adjacent to an activating group) is 1. The van der Waals surface area contributed by atoms with Crippen LogP contribution >= 0.6 is 27.3 Å². The van der Waals surface area contributed by atoms with Crippen molar-refractivity contribution in [1.82, 2.24) is 20.7 Å². The van der Waals surface area contributed by atoms with Crippen molar-refractivity contribution >= 4 is 27.3 Å². The van der Waals surface area contributed by atoms with E-state index in [1.54, 1.807) is 17.5 Å². The monoisotopic (exact) mass is 286 g/mol. The Labute approximate surface area is 100 Å².